The van der Waals surface area contributed by atoms with Crippen molar-refractivity contribution in [3.63, 3.8) is 0 Å². The quantitative estimate of drug-likeness (QED) is 0.636. The van der Waals surface area contributed by atoms with Gasteiger partial charge in [0.05, 0.1) is 11.1 Å². The molecule has 2 aromatic carbocycles. The van der Waals surface area contributed by atoms with Crippen LogP contribution in [0.15, 0.2) is 60.8 Å². The number of anilines is 2. The fourth-order valence-corrected chi connectivity index (χ4v) is 3.55. The van der Waals surface area contributed by atoms with E-state index in [1.54, 1.807) is 11.1 Å². The van der Waals surface area contributed by atoms with Crippen molar-refractivity contribution in [3.05, 3.63) is 71.6 Å². The van der Waals surface area contributed by atoms with Gasteiger partial charge in [-0.15, -0.1) is 0 Å². The number of nitrogens with zero attached hydrogens (tertiary/aromatic N) is 3. The summed E-state index contributed by atoms with van der Waals surface area (Å²) in [5, 5.41) is 0.142. The Morgan fingerprint density at radius 1 is 1.00 bits per heavy atom. The molecule has 0 atom stereocenters. The van der Waals surface area contributed by atoms with Gasteiger partial charge in [-0.3, -0.25) is 9.69 Å². The standard InChI is InChI=1S/C20H14ClN3O2/c21-19-22-12-16-17(23-19)24(18(25)20(16)10-11-20)13-6-8-15(9-7-13)26-14-4-2-1-3-5-14/h1-9,12H,10-11H2. The molecule has 1 spiro atoms. The fourth-order valence-electron chi connectivity index (χ4n) is 3.42. The van der Waals surface area contributed by atoms with Crippen LogP contribution in [0.2, 0.25) is 5.28 Å². The van der Waals surface area contributed by atoms with Crippen molar-refractivity contribution in [1.29, 1.82) is 0 Å². The largest absolute Gasteiger partial charge is 0.457 e. The van der Waals surface area contributed by atoms with E-state index in [2.05, 4.69) is 9.97 Å². The molecule has 2 heterocycles. The molecule has 1 fully saturated rings. The fraction of sp³-hybridized carbons (Fsp3) is 0.150. The van der Waals surface area contributed by atoms with Crippen LogP contribution in [0.1, 0.15) is 18.4 Å². The number of carbonyl (C=O) groups is 1. The highest BCUT2D eigenvalue weighted by atomic mass is 35.5. The minimum absolute atomic E-state index is 0.0424. The predicted molar refractivity (Wildman–Crippen MR) is 98.1 cm³/mol. The minimum Gasteiger partial charge on any atom is -0.457 e. The van der Waals surface area contributed by atoms with Crippen molar-refractivity contribution in [2.75, 3.05) is 4.90 Å². The van der Waals surface area contributed by atoms with Crippen LogP contribution in [-0.4, -0.2) is 15.9 Å². The topological polar surface area (TPSA) is 55.3 Å². The molecule has 2 aliphatic rings. The van der Waals surface area contributed by atoms with Crippen LogP contribution >= 0.6 is 11.6 Å². The van der Waals surface area contributed by atoms with E-state index >= 15 is 0 Å². The maximum Gasteiger partial charge on any atom is 0.243 e. The predicted octanol–water partition coefficient (Wildman–Crippen LogP) is 4.63. The zero-order valence-electron chi connectivity index (χ0n) is 13.7. The van der Waals surface area contributed by atoms with Gasteiger partial charge in [0.2, 0.25) is 11.2 Å². The van der Waals surface area contributed by atoms with Gasteiger partial charge < -0.3 is 4.74 Å². The second-order valence-electron chi connectivity index (χ2n) is 6.51. The summed E-state index contributed by atoms with van der Waals surface area (Å²) in [7, 11) is 0. The number of fused-ring (bicyclic) bond motifs is 2. The Hall–Kier alpha value is -2.92. The lowest BCUT2D eigenvalue weighted by molar-refractivity contribution is -0.119. The van der Waals surface area contributed by atoms with Gasteiger partial charge in [-0.2, -0.15) is 4.98 Å². The summed E-state index contributed by atoms with van der Waals surface area (Å²) >= 11 is 5.97. The zero-order valence-corrected chi connectivity index (χ0v) is 14.5. The molecule has 128 valence electrons. The molecular formula is C20H14ClN3O2. The summed E-state index contributed by atoms with van der Waals surface area (Å²) in [6, 6.07) is 17.0. The molecule has 0 saturated heterocycles. The SMILES string of the molecule is O=C1N(c2ccc(Oc3ccccc3)cc2)c2nc(Cl)ncc2C12CC2. The van der Waals surface area contributed by atoms with Gasteiger partial charge in [-0.1, -0.05) is 18.2 Å². The van der Waals surface area contributed by atoms with Crippen molar-refractivity contribution in [2.24, 2.45) is 0 Å². The van der Waals surface area contributed by atoms with E-state index < -0.39 is 5.41 Å². The first-order chi connectivity index (χ1) is 12.7. The number of amides is 1. The Kier molecular flexibility index (Phi) is 3.27. The molecule has 0 N–H and O–H groups in total. The smallest absolute Gasteiger partial charge is 0.243 e. The maximum absolute atomic E-state index is 13.0. The third kappa shape index (κ3) is 2.28. The number of ether oxygens (including phenoxy) is 1. The first kappa shape index (κ1) is 15.3. The molecule has 1 amide bonds. The Balaban J connectivity index is 1.49. The highest BCUT2D eigenvalue weighted by Crippen LogP contribution is 2.58. The number of para-hydroxylation sites is 1. The van der Waals surface area contributed by atoms with Gasteiger partial charge >= 0.3 is 0 Å². The van der Waals surface area contributed by atoms with E-state index in [1.165, 1.54) is 0 Å². The number of carbonyl (C=O) groups excluding carboxylic acids is 1. The Morgan fingerprint density at radius 2 is 1.69 bits per heavy atom. The molecule has 5 rings (SSSR count). The van der Waals surface area contributed by atoms with Crippen molar-refractivity contribution in [2.45, 2.75) is 18.3 Å². The average Bonchev–Trinajstić information content (AvgIpc) is 3.42. The summed E-state index contributed by atoms with van der Waals surface area (Å²) in [6.07, 6.45) is 3.34. The number of hydrogen-bond acceptors (Lipinski definition) is 4. The number of aromatic nitrogens is 2. The molecule has 0 bridgehead atoms. The van der Waals surface area contributed by atoms with Crippen LogP contribution < -0.4 is 9.64 Å². The molecule has 1 aromatic heterocycles. The van der Waals surface area contributed by atoms with Crippen molar-refractivity contribution < 1.29 is 9.53 Å². The van der Waals surface area contributed by atoms with Crippen molar-refractivity contribution >= 4 is 29.0 Å². The van der Waals surface area contributed by atoms with Crippen molar-refractivity contribution in [3.8, 4) is 11.5 Å². The molecule has 1 aliphatic carbocycles. The van der Waals surface area contributed by atoms with E-state index in [0.29, 0.717) is 11.6 Å². The highest BCUT2D eigenvalue weighted by molar-refractivity contribution is 6.28. The minimum atomic E-state index is -0.459. The van der Waals surface area contributed by atoms with Gasteiger partial charge in [0.25, 0.3) is 0 Å². The zero-order chi connectivity index (χ0) is 17.7. The number of hydrogen-bond donors (Lipinski definition) is 0. The summed E-state index contributed by atoms with van der Waals surface area (Å²) in [5.74, 6) is 2.10. The third-order valence-electron chi connectivity index (χ3n) is 4.90. The molecule has 0 unspecified atom stereocenters. The molecule has 6 heteroatoms. The first-order valence-electron chi connectivity index (χ1n) is 8.38. The normalized spacial score (nSPS) is 16.7. The molecule has 1 saturated carbocycles. The summed E-state index contributed by atoms with van der Waals surface area (Å²) < 4.78 is 5.81. The van der Waals surface area contributed by atoms with E-state index in [0.717, 1.165) is 29.8 Å². The second kappa shape index (κ2) is 5.54. The van der Waals surface area contributed by atoms with Crippen molar-refractivity contribution in [1.82, 2.24) is 9.97 Å². The molecular weight excluding hydrogens is 350 g/mol. The molecule has 26 heavy (non-hydrogen) atoms. The number of halogens is 1. The Bertz CT molecular complexity index is 1000. The monoisotopic (exact) mass is 363 g/mol. The Morgan fingerprint density at radius 3 is 2.38 bits per heavy atom. The van der Waals surface area contributed by atoms with E-state index in [4.69, 9.17) is 16.3 Å². The van der Waals surface area contributed by atoms with Crippen LogP contribution in [0.4, 0.5) is 11.5 Å². The Labute approximate surface area is 155 Å². The van der Waals surface area contributed by atoms with Crippen LogP contribution in [0.5, 0.6) is 11.5 Å². The second-order valence-corrected chi connectivity index (χ2v) is 6.85. The summed E-state index contributed by atoms with van der Waals surface area (Å²) in [6.45, 7) is 0. The van der Waals surface area contributed by atoms with Gasteiger partial charge in [0, 0.05) is 11.8 Å². The lowest BCUT2D eigenvalue weighted by atomic mass is 10.0. The van der Waals surface area contributed by atoms with Crippen LogP contribution in [-0.2, 0) is 10.2 Å². The van der Waals surface area contributed by atoms with Gasteiger partial charge in [0.15, 0.2) is 0 Å². The number of benzene rings is 2. The molecule has 5 nitrogen and oxygen atoms in total. The van der Waals surface area contributed by atoms with Crippen LogP contribution in [0.3, 0.4) is 0 Å². The average molecular weight is 364 g/mol. The van der Waals surface area contributed by atoms with E-state index in [9.17, 15) is 4.79 Å². The van der Waals surface area contributed by atoms with Crippen LogP contribution in [0.25, 0.3) is 0 Å². The molecule has 1 aliphatic heterocycles. The van der Waals surface area contributed by atoms with Gasteiger partial charge in [0.1, 0.15) is 17.3 Å². The lowest BCUT2D eigenvalue weighted by Gasteiger charge is -2.17. The van der Waals surface area contributed by atoms with E-state index in [1.807, 2.05) is 54.6 Å². The van der Waals surface area contributed by atoms with Gasteiger partial charge in [-0.25, -0.2) is 4.98 Å². The summed E-state index contributed by atoms with van der Waals surface area (Å²) in [5.41, 5.74) is 1.16. The van der Waals surface area contributed by atoms with Crippen LogP contribution in [0, 0.1) is 0 Å². The number of rotatable bonds is 3. The third-order valence-corrected chi connectivity index (χ3v) is 5.09. The molecule has 0 radical (unpaired) electrons. The lowest BCUT2D eigenvalue weighted by Crippen LogP contribution is -2.28. The highest BCUT2D eigenvalue weighted by Gasteiger charge is 2.60. The van der Waals surface area contributed by atoms with E-state index in [-0.39, 0.29) is 11.2 Å². The summed E-state index contributed by atoms with van der Waals surface area (Å²) in [4.78, 5) is 23.0. The maximum atomic E-state index is 13.0. The molecule has 3 aromatic rings. The first-order valence-corrected chi connectivity index (χ1v) is 8.76. The van der Waals surface area contributed by atoms with Gasteiger partial charge in [-0.05, 0) is 60.8 Å².